The number of thioether (sulfide) groups is 1. The number of rotatable bonds is 1. The van der Waals surface area contributed by atoms with Crippen molar-refractivity contribution in [2.45, 2.75) is 6.42 Å². The number of carboxylic acids is 1. The fourth-order valence-electron chi connectivity index (χ4n) is 1.21. The molecule has 1 N–H and O–H groups in total. The molecule has 4 nitrogen and oxygen atoms in total. The number of aliphatic imine (C=N–C) groups is 1. The molecule has 0 aromatic carbocycles. The summed E-state index contributed by atoms with van der Waals surface area (Å²) in [6.45, 7) is 6.04. The first-order valence-electron chi connectivity index (χ1n) is 4.41. The zero-order chi connectivity index (χ0) is 10.6. The van der Waals surface area contributed by atoms with Crippen LogP contribution in [0.5, 0.6) is 0 Å². The molecule has 1 aliphatic rings. The highest BCUT2D eigenvalue weighted by atomic mass is 32.2. The Hall–Kier alpha value is -0.810. The Morgan fingerprint density at radius 1 is 1.71 bits per heavy atom. The number of carboxylic acid groups (broad SMARTS) is 1. The van der Waals surface area contributed by atoms with Gasteiger partial charge >= 0.3 is 5.97 Å². The molecule has 0 amide bonds. The van der Waals surface area contributed by atoms with Crippen LogP contribution in [-0.2, 0) is 4.79 Å². The third-order valence-electron chi connectivity index (χ3n) is 1.82. The molecule has 1 rings (SSSR count). The lowest BCUT2D eigenvalue weighted by Gasteiger charge is -2.15. The first kappa shape index (κ1) is 11.3. The molecule has 0 atom stereocenters. The molecule has 0 aromatic heterocycles. The van der Waals surface area contributed by atoms with Crippen LogP contribution in [0.4, 0.5) is 0 Å². The van der Waals surface area contributed by atoms with Crippen molar-refractivity contribution < 1.29 is 9.90 Å². The van der Waals surface area contributed by atoms with Crippen molar-refractivity contribution in [2.75, 3.05) is 26.7 Å². The van der Waals surface area contributed by atoms with Gasteiger partial charge in [0, 0.05) is 13.1 Å². The molecule has 0 unspecified atom stereocenters. The highest BCUT2D eigenvalue weighted by molar-refractivity contribution is 8.18. The van der Waals surface area contributed by atoms with Crippen LogP contribution in [0.15, 0.2) is 16.5 Å². The number of nitrogens with zero attached hydrogens (tertiary/aromatic N) is 2. The van der Waals surface area contributed by atoms with Gasteiger partial charge in [-0.05, 0) is 24.9 Å². The number of likely N-dealkylation sites (N-methyl/N-ethyl adjacent to an activating group) is 1. The van der Waals surface area contributed by atoms with Gasteiger partial charge in [0.1, 0.15) is 0 Å². The molecule has 0 aliphatic carbocycles. The van der Waals surface area contributed by atoms with E-state index >= 15 is 0 Å². The average molecular weight is 214 g/mol. The molecule has 0 aromatic rings. The third-order valence-corrected chi connectivity index (χ3v) is 2.74. The van der Waals surface area contributed by atoms with E-state index in [9.17, 15) is 4.79 Å². The van der Waals surface area contributed by atoms with Gasteiger partial charge in [0.2, 0.25) is 0 Å². The number of aliphatic carboxylic acids is 1. The molecular formula is C9H14N2O2S. The van der Waals surface area contributed by atoms with Gasteiger partial charge < -0.3 is 10.0 Å². The highest BCUT2D eigenvalue weighted by Gasteiger charge is 2.14. The smallest absolute Gasteiger partial charge is 0.361 e. The van der Waals surface area contributed by atoms with Crippen molar-refractivity contribution >= 4 is 22.8 Å². The summed E-state index contributed by atoms with van der Waals surface area (Å²) in [5.41, 5.74) is 0. The molecule has 0 saturated carbocycles. The summed E-state index contributed by atoms with van der Waals surface area (Å²) < 4.78 is 0. The van der Waals surface area contributed by atoms with Gasteiger partial charge in [-0.1, -0.05) is 18.3 Å². The van der Waals surface area contributed by atoms with E-state index in [1.165, 1.54) is 0 Å². The van der Waals surface area contributed by atoms with Crippen molar-refractivity contribution in [3.8, 4) is 0 Å². The van der Waals surface area contributed by atoms with Crippen LogP contribution in [0.2, 0.25) is 0 Å². The van der Waals surface area contributed by atoms with Gasteiger partial charge in [0.25, 0.3) is 0 Å². The molecule has 0 saturated heterocycles. The SMILES string of the molecule is C=C1CN(C)CCC/N=C(/C(=O)O)S1. The lowest BCUT2D eigenvalue weighted by atomic mass is 10.4. The van der Waals surface area contributed by atoms with Crippen LogP contribution in [0.1, 0.15) is 6.42 Å². The van der Waals surface area contributed by atoms with Gasteiger partial charge in [-0.15, -0.1) is 0 Å². The summed E-state index contributed by atoms with van der Waals surface area (Å²) >= 11 is 1.16. The Bertz CT molecular complexity index is 276. The lowest BCUT2D eigenvalue weighted by Crippen LogP contribution is -2.21. The van der Waals surface area contributed by atoms with Gasteiger partial charge in [-0.2, -0.15) is 0 Å². The van der Waals surface area contributed by atoms with Crippen LogP contribution < -0.4 is 0 Å². The van der Waals surface area contributed by atoms with Crippen LogP contribution in [0, 0.1) is 0 Å². The predicted octanol–water partition coefficient (Wildman–Crippen LogP) is 1.05. The summed E-state index contributed by atoms with van der Waals surface area (Å²) in [4.78, 5) is 17.7. The van der Waals surface area contributed by atoms with Crippen LogP contribution in [-0.4, -0.2) is 47.7 Å². The third kappa shape index (κ3) is 3.51. The van der Waals surface area contributed by atoms with E-state index in [4.69, 9.17) is 5.11 Å². The summed E-state index contributed by atoms with van der Waals surface area (Å²) in [6, 6.07) is 0. The zero-order valence-electron chi connectivity index (χ0n) is 8.19. The Balaban J connectivity index is 2.69. The molecule has 1 aliphatic heterocycles. The van der Waals surface area contributed by atoms with Gasteiger partial charge in [-0.25, -0.2) is 4.79 Å². The maximum Gasteiger partial charge on any atom is 0.361 e. The second-order valence-electron chi connectivity index (χ2n) is 3.22. The van der Waals surface area contributed by atoms with E-state index in [0.717, 1.165) is 36.2 Å². The van der Waals surface area contributed by atoms with E-state index < -0.39 is 5.97 Å². The monoisotopic (exact) mass is 214 g/mol. The van der Waals surface area contributed by atoms with Crippen molar-refractivity contribution in [1.29, 1.82) is 0 Å². The lowest BCUT2D eigenvalue weighted by molar-refractivity contribution is -0.129. The molecule has 0 spiro atoms. The molecule has 0 fully saturated rings. The number of carbonyl (C=O) groups is 1. The maximum atomic E-state index is 10.8. The molecule has 78 valence electrons. The fourth-order valence-corrected chi connectivity index (χ4v) is 2.02. The molecule has 5 heteroatoms. The number of hydrogen-bond donors (Lipinski definition) is 1. The molecule has 0 bridgehead atoms. The second-order valence-corrected chi connectivity index (χ2v) is 4.39. The number of hydrogen-bond acceptors (Lipinski definition) is 4. The highest BCUT2D eigenvalue weighted by Crippen LogP contribution is 2.18. The first-order chi connectivity index (χ1) is 6.59. The Morgan fingerprint density at radius 3 is 3.07 bits per heavy atom. The van der Waals surface area contributed by atoms with Crippen LogP contribution in [0.25, 0.3) is 0 Å². The van der Waals surface area contributed by atoms with E-state index in [1.807, 2.05) is 7.05 Å². The van der Waals surface area contributed by atoms with Crippen LogP contribution >= 0.6 is 11.8 Å². The summed E-state index contributed by atoms with van der Waals surface area (Å²) in [5, 5.41) is 8.98. The largest absolute Gasteiger partial charge is 0.476 e. The summed E-state index contributed by atoms with van der Waals surface area (Å²) in [5.74, 6) is -0.958. The van der Waals surface area contributed by atoms with Crippen molar-refractivity contribution in [3.63, 3.8) is 0 Å². The standard InChI is InChI=1S/C9H14N2O2S/c1-7-6-11(2)5-3-4-10-8(14-7)9(12)13/h1,3-6H2,2H3,(H,12,13)/b10-8-. The second kappa shape index (κ2) is 5.17. The molecule has 14 heavy (non-hydrogen) atoms. The van der Waals surface area contributed by atoms with Gasteiger partial charge in [-0.3, -0.25) is 4.99 Å². The van der Waals surface area contributed by atoms with E-state index in [1.54, 1.807) is 0 Å². The van der Waals surface area contributed by atoms with E-state index in [2.05, 4.69) is 16.5 Å². The Labute approximate surface area is 87.7 Å². The van der Waals surface area contributed by atoms with E-state index in [0.29, 0.717) is 6.54 Å². The molecule has 0 radical (unpaired) electrons. The Kier molecular flexibility index (Phi) is 4.16. The van der Waals surface area contributed by atoms with Crippen LogP contribution in [0.3, 0.4) is 0 Å². The minimum atomic E-state index is -0.958. The molecule has 1 heterocycles. The topological polar surface area (TPSA) is 52.9 Å². The summed E-state index contributed by atoms with van der Waals surface area (Å²) in [6.07, 6.45) is 0.890. The van der Waals surface area contributed by atoms with E-state index in [-0.39, 0.29) is 5.04 Å². The predicted molar refractivity (Wildman–Crippen MR) is 58.8 cm³/mol. The van der Waals surface area contributed by atoms with Crippen molar-refractivity contribution in [1.82, 2.24) is 4.90 Å². The fraction of sp³-hybridized carbons (Fsp3) is 0.556. The minimum Gasteiger partial charge on any atom is -0.476 e. The maximum absolute atomic E-state index is 10.8. The first-order valence-corrected chi connectivity index (χ1v) is 5.23. The summed E-state index contributed by atoms with van der Waals surface area (Å²) in [7, 11) is 2.00. The average Bonchev–Trinajstić information content (AvgIpc) is 2.15. The quantitative estimate of drug-likeness (QED) is 0.709. The molecular weight excluding hydrogens is 200 g/mol. The van der Waals surface area contributed by atoms with Gasteiger partial charge in [0.05, 0.1) is 0 Å². The Morgan fingerprint density at radius 2 is 2.43 bits per heavy atom. The van der Waals surface area contributed by atoms with Gasteiger partial charge in [0.15, 0.2) is 5.04 Å². The van der Waals surface area contributed by atoms with Crippen molar-refractivity contribution in [3.05, 3.63) is 11.5 Å². The van der Waals surface area contributed by atoms with Crippen molar-refractivity contribution in [2.24, 2.45) is 4.99 Å². The zero-order valence-corrected chi connectivity index (χ0v) is 9.01. The normalized spacial score (nSPS) is 24.4. The minimum absolute atomic E-state index is 0.158.